The number of hydrogen-bond acceptors (Lipinski definition) is 1. The van der Waals surface area contributed by atoms with E-state index in [1.165, 1.54) is 12.1 Å². The first-order valence-electron chi connectivity index (χ1n) is 6.11. The third-order valence-corrected chi connectivity index (χ3v) is 2.83. The molecule has 2 aromatic carbocycles. The Morgan fingerprint density at radius 2 is 1.75 bits per heavy atom. The van der Waals surface area contributed by atoms with Crippen molar-refractivity contribution in [1.82, 2.24) is 0 Å². The molecule has 0 bridgehead atoms. The van der Waals surface area contributed by atoms with E-state index in [0.717, 1.165) is 6.07 Å². The maximum Gasteiger partial charge on any atom is 0.182 e. The fourth-order valence-corrected chi connectivity index (χ4v) is 1.99. The van der Waals surface area contributed by atoms with Gasteiger partial charge in [-0.2, -0.15) is 0 Å². The Labute approximate surface area is 114 Å². The van der Waals surface area contributed by atoms with E-state index in [-0.39, 0.29) is 17.5 Å². The van der Waals surface area contributed by atoms with E-state index >= 15 is 0 Å². The van der Waals surface area contributed by atoms with Crippen molar-refractivity contribution in [3.8, 4) is 0 Å². The van der Waals surface area contributed by atoms with Crippen LogP contribution in [0.4, 0.5) is 23.2 Å². The van der Waals surface area contributed by atoms with Crippen molar-refractivity contribution in [3.05, 3.63) is 65.2 Å². The molecule has 5 heteroatoms. The van der Waals surface area contributed by atoms with Crippen molar-refractivity contribution in [2.45, 2.75) is 19.4 Å². The van der Waals surface area contributed by atoms with Crippen molar-refractivity contribution < 1.29 is 17.6 Å². The Kier molecular flexibility index (Phi) is 4.27. The van der Waals surface area contributed by atoms with Crippen LogP contribution in [0.15, 0.2) is 36.4 Å². The molecule has 0 saturated carbocycles. The van der Waals surface area contributed by atoms with Crippen LogP contribution < -0.4 is 5.32 Å². The summed E-state index contributed by atoms with van der Waals surface area (Å²) in [5.74, 6) is -3.59. The largest absolute Gasteiger partial charge is 0.380 e. The summed E-state index contributed by atoms with van der Waals surface area (Å²) >= 11 is 0. The molecule has 1 atom stereocenters. The topological polar surface area (TPSA) is 12.0 Å². The Bertz CT molecular complexity index is 613. The maximum absolute atomic E-state index is 13.5. The highest BCUT2D eigenvalue weighted by Crippen LogP contribution is 2.20. The van der Waals surface area contributed by atoms with E-state index in [0.29, 0.717) is 18.1 Å². The van der Waals surface area contributed by atoms with E-state index in [2.05, 4.69) is 5.32 Å². The molecule has 1 nitrogen and oxygen atoms in total. The molecule has 0 heterocycles. The average molecular weight is 283 g/mol. The number of benzene rings is 2. The van der Waals surface area contributed by atoms with E-state index in [4.69, 9.17) is 0 Å². The van der Waals surface area contributed by atoms with E-state index in [1.807, 2.05) is 0 Å². The van der Waals surface area contributed by atoms with Gasteiger partial charge in [0.05, 0.1) is 5.69 Å². The van der Waals surface area contributed by atoms with Crippen LogP contribution in [0, 0.1) is 23.3 Å². The van der Waals surface area contributed by atoms with Crippen LogP contribution >= 0.6 is 0 Å². The molecule has 1 unspecified atom stereocenters. The monoisotopic (exact) mass is 283 g/mol. The maximum atomic E-state index is 13.5. The number of nitrogens with one attached hydrogen (secondary N) is 1. The summed E-state index contributed by atoms with van der Waals surface area (Å²) in [7, 11) is 0. The van der Waals surface area contributed by atoms with Gasteiger partial charge < -0.3 is 5.32 Å². The summed E-state index contributed by atoms with van der Waals surface area (Å²) in [6, 6.07) is 7.04. The second kappa shape index (κ2) is 5.94. The van der Waals surface area contributed by atoms with Crippen LogP contribution in [0.5, 0.6) is 0 Å². The molecule has 0 saturated heterocycles. The summed E-state index contributed by atoms with van der Waals surface area (Å²) in [5, 5.41) is 2.68. The van der Waals surface area contributed by atoms with Crippen LogP contribution in [-0.2, 0) is 6.42 Å². The molecule has 2 rings (SSSR count). The van der Waals surface area contributed by atoms with Gasteiger partial charge in [0.1, 0.15) is 11.6 Å². The predicted molar refractivity (Wildman–Crippen MR) is 69.5 cm³/mol. The standard InChI is InChI=1S/C15H13F4N/c1-9(5-10-3-2-4-11(16)6-10)20-14-8-12(17)7-13(18)15(14)19/h2-4,6-9,20H,5H2,1H3. The van der Waals surface area contributed by atoms with E-state index < -0.39 is 17.5 Å². The molecule has 0 fully saturated rings. The van der Waals surface area contributed by atoms with Gasteiger partial charge in [-0.3, -0.25) is 0 Å². The van der Waals surface area contributed by atoms with E-state index in [9.17, 15) is 17.6 Å². The van der Waals surface area contributed by atoms with Gasteiger partial charge in [0.2, 0.25) is 0 Å². The Morgan fingerprint density at radius 1 is 1.00 bits per heavy atom. The van der Waals surface area contributed by atoms with Crippen LogP contribution in [0.2, 0.25) is 0 Å². The Morgan fingerprint density at radius 3 is 2.45 bits per heavy atom. The van der Waals surface area contributed by atoms with Crippen molar-refractivity contribution in [3.63, 3.8) is 0 Å². The van der Waals surface area contributed by atoms with Gasteiger partial charge in [-0.1, -0.05) is 12.1 Å². The Balaban J connectivity index is 2.10. The summed E-state index contributed by atoms with van der Waals surface area (Å²) < 4.78 is 52.6. The average Bonchev–Trinajstić information content (AvgIpc) is 2.35. The molecule has 0 spiro atoms. The zero-order valence-electron chi connectivity index (χ0n) is 10.8. The summed E-state index contributed by atoms with van der Waals surface area (Å²) in [6.45, 7) is 1.72. The van der Waals surface area contributed by atoms with Crippen molar-refractivity contribution in [1.29, 1.82) is 0 Å². The molecule has 0 aliphatic carbocycles. The van der Waals surface area contributed by atoms with Gasteiger partial charge in [0, 0.05) is 18.2 Å². The molecule has 2 aromatic rings. The minimum atomic E-state index is -1.24. The number of rotatable bonds is 4. The van der Waals surface area contributed by atoms with Crippen molar-refractivity contribution in [2.24, 2.45) is 0 Å². The number of halogens is 4. The minimum Gasteiger partial charge on any atom is -0.380 e. The summed E-state index contributed by atoms with van der Waals surface area (Å²) in [4.78, 5) is 0. The molecule has 0 aliphatic heterocycles. The molecule has 0 aliphatic rings. The van der Waals surface area contributed by atoms with Gasteiger partial charge in [-0.15, -0.1) is 0 Å². The van der Waals surface area contributed by atoms with Crippen molar-refractivity contribution >= 4 is 5.69 Å². The fourth-order valence-electron chi connectivity index (χ4n) is 1.99. The molecular weight excluding hydrogens is 270 g/mol. The van der Waals surface area contributed by atoms with Crippen LogP contribution in [0.1, 0.15) is 12.5 Å². The lowest BCUT2D eigenvalue weighted by molar-refractivity contribution is 0.496. The lowest BCUT2D eigenvalue weighted by Gasteiger charge is -2.16. The highest BCUT2D eigenvalue weighted by Gasteiger charge is 2.13. The summed E-state index contributed by atoms with van der Waals surface area (Å²) in [5.41, 5.74) is 0.466. The molecule has 0 amide bonds. The van der Waals surface area contributed by atoms with Gasteiger partial charge in [0.15, 0.2) is 11.6 Å². The van der Waals surface area contributed by atoms with Crippen LogP contribution in [-0.4, -0.2) is 6.04 Å². The molecular formula is C15H13F4N. The number of anilines is 1. The van der Waals surface area contributed by atoms with Crippen LogP contribution in [0.25, 0.3) is 0 Å². The molecule has 0 aromatic heterocycles. The first kappa shape index (κ1) is 14.4. The lowest BCUT2D eigenvalue weighted by atomic mass is 10.1. The lowest BCUT2D eigenvalue weighted by Crippen LogP contribution is -2.19. The zero-order chi connectivity index (χ0) is 14.7. The molecule has 20 heavy (non-hydrogen) atoms. The minimum absolute atomic E-state index is 0.244. The van der Waals surface area contributed by atoms with Crippen LogP contribution in [0.3, 0.4) is 0 Å². The van der Waals surface area contributed by atoms with Gasteiger partial charge in [-0.05, 0) is 31.0 Å². The zero-order valence-corrected chi connectivity index (χ0v) is 10.8. The third kappa shape index (κ3) is 3.50. The molecule has 1 N–H and O–H groups in total. The van der Waals surface area contributed by atoms with Gasteiger partial charge >= 0.3 is 0 Å². The van der Waals surface area contributed by atoms with Crippen molar-refractivity contribution in [2.75, 3.05) is 5.32 Å². The summed E-state index contributed by atoms with van der Waals surface area (Å²) in [6.07, 6.45) is 0.398. The second-order valence-electron chi connectivity index (χ2n) is 4.63. The van der Waals surface area contributed by atoms with E-state index in [1.54, 1.807) is 19.1 Å². The third-order valence-electron chi connectivity index (χ3n) is 2.83. The first-order valence-corrected chi connectivity index (χ1v) is 6.11. The fraction of sp³-hybridized carbons (Fsp3) is 0.200. The first-order chi connectivity index (χ1) is 9.45. The Hall–Kier alpha value is -2.04. The molecule has 106 valence electrons. The highest BCUT2D eigenvalue weighted by molar-refractivity contribution is 5.46. The quantitative estimate of drug-likeness (QED) is 0.652. The SMILES string of the molecule is CC(Cc1cccc(F)c1)Nc1cc(F)cc(F)c1F. The van der Waals surface area contributed by atoms with Gasteiger partial charge in [-0.25, -0.2) is 17.6 Å². The second-order valence-corrected chi connectivity index (χ2v) is 4.63. The smallest absolute Gasteiger partial charge is 0.182 e. The highest BCUT2D eigenvalue weighted by atomic mass is 19.2. The predicted octanol–water partition coefficient (Wildman–Crippen LogP) is 4.29. The normalized spacial score (nSPS) is 12.2. The number of hydrogen-bond donors (Lipinski definition) is 1. The van der Waals surface area contributed by atoms with Gasteiger partial charge in [0.25, 0.3) is 0 Å². The molecule has 0 radical (unpaired) electrons.